The standard InChI is InChI=1S/C21H20N4O2.C2HF3O2/c1-13(2)26-19-7-6-14(10-16(19)11-22)21-24-20(25-27-21)18-5-3-4-15-12-23-9-8-17(15)18;3-2(4,5)1(6)7/h3-7,10,13,23H,8-9,12H2,1-2H3;(H,6,7). The molecule has 2 heterocycles. The van der Waals surface area contributed by atoms with Gasteiger partial charge in [-0.3, -0.25) is 0 Å². The summed E-state index contributed by atoms with van der Waals surface area (Å²) < 4.78 is 42.9. The number of nitrogens with one attached hydrogen (secondary N) is 1. The van der Waals surface area contributed by atoms with Gasteiger partial charge in [-0.2, -0.15) is 23.4 Å². The van der Waals surface area contributed by atoms with Gasteiger partial charge < -0.3 is 19.7 Å². The van der Waals surface area contributed by atoms with Crippen molar-refractivity contribution >= 4 is 5.97 Å². The summed E-state index contributed by atoms with van der Waals surface area (Å²) in [5.74, 6) is -1.23. The van der Waals surface area contributed by atoms with Crippen molar-refractivity contribution < 1.29 is 32.3 Å². The van der Waals surface area contributed by atoms with E-state index in [0.717, 1.165) is 25.1 Å². The molecule has 34 heavy (non-hydrogen) atoms. The Morgan fingerprint density at radius 2 is 2.03 bits per heavy atom. The van der Waals surface area contributed by atoms with Gasteiger partial charge in [-0.15, -0.1) is 0 Å². The first-order chi connectivity index (χ1) is 16.1. The molecule has 1 aliphatic heterocycles. The van der Waals surface area contributed by atoms with Crippen LogP contribution in [0.2, 0.25) is 0 Å². The summed E-state index contributed by atoms with van der Waals surface area (Å²) >= 11 is 0. The number of carboxylic acids is 1. The topological polar surface area (TPSA) is 121 Å². The zero-order valence-electron chi connectivity index (χ0n) is 18.3. The SMILES string of the molecule is CC(C)Oc1ccc(-c2nc(-c3cccc4c3CCNC4)no2)cc1C#N.O=C(O)C(F)(F)F. The quantitative estimate of drug-likeness (QED) is 0.573. The Kier molecular flexibility index (Phi) is 7.53. The second-order valence-corrected chi connectivity index (χ2v) is 7.59. The summed E-state index contributed by atoms with van der Waals surface area (Å²) in [6.45, 7) is 5.65. The maximum atomic E-state index is 10.6. The molecule has 2 aromatic carbocycles. The van der Waals surface area contributed by atoms with E-state index in [1.54, 1.807) is 12.1 Å². The fourth-order valence-corrected chi connectivity index (χ4v) is 3.30. The third kappa shape index (κ3) is 5.90. The van der Waals surface area contributed by atoms with Crippen LogP contribution in [0.4, 0.5) is 13.2 Å². The lowest BCUT2D eigenvalue weighted by atomic mass is 9.95. The summed E-state index contributed by atoms with van der Waals surface area (Å²) in [6.07, 6.45) is -4.15. The number of alkyl halides is 3. The molecule has 0 amide bonds. The second-order valence-electron chi connectivity index (χ2n) is 7.59. The van der Waals surface area contributed by atoms with E-state index in [1.807, 2.05) is 32.0 Å². The second kappa shape index (κ2) is 10.4. The predicted octanol–water partition coefficient (Wildman–Crippen LogP) is 4.34. The van der Waals surface area contributed by atoms with E-state index in [0.29, 0.717) is 28.6 Å². The van der Waals surface area contributed by atoms with Crippen LogP contribution in [0.1, 0.15) is 30.5 Å². The minimum Gasteiger partial charge on any atom is -0.490 e. The van der Waals surface area contributed by atoms with Gasteiger partial charge in [0.2, 0.25) is 5.82 Å². The fourth-order valence-electron chi connectivity index (χ4n) is 3.30. The van der Waals surface area contributed by atoms with E-state index in [9.17, 15) is 18.4 Å². The van der Waals surface area contributed by atoms with Crippen molar-refractivity contribution in [2.75, 3.05) is 6.54 Å². The summed E-state index contributed by atoms with van der Waals surface area (Å²) in [7, 11) is 0. The molecule has 178 valence electrons. The van der Waals surface area contributed by atoms with Crippen LogP contribution in [0, 0.1) is 11.3 Å². The molecule has 1 aliphatic rings. The van der Waals surface area contributed by atoms with Gasteiger partial charge in [0, 0.05) is 17.7 Å². The number of hydrogen-bond acceptors (Lipinski definition) is 7. The van der Waals surface area contributed by atoms with Gasteiger partial charge in [-0.25, -0.2) is 4.79 Å². The number of rotatable bonds is 4. The Balaban J connectivity index is 0.000000406. The van der Waals surface area contributed by atoms with Crippen LogP contribution < -0.4 is 10.1 Å². The highest BCUT2D eigenvalue weighted by atomic mass is 19.4. The number of nitrogens with zero attached hydrogens (tertiary/aromatic N) is 3. The van der Waals surface area contributed by atoms with Crippen molar-refractivity contribution in [1.29, 1.82) is 5.26 Å². The van der Waals surface area contributed by atoms with Crippen molar-refractivity contribution in [2.45, 2.75) is 39.1 Å². The van der Waals surface area contributed by atoms with Gasteiger partial charge in [0.1, 0.15) is 11.8 Å². The first-order valence-electron chi connectivity index (χ1n) is 10.3. The number of benzene rings is 2. The lowest BCUT2D eigenvalue weighted by Crippen LogP contribution is -2.24. The van der Waals surface area contributed by atoms with Gasteiger partial charge >= 0.3 is 12.1 Å². The molecule has 0 bridgehead atoms. The number of aliphatic carboxylic acids is 1. The molecule has 8 nitrogen and oxygen atoms in total. The molecule has 0 unspecified atom stereocenters. The summed E-state index contributed by atoms with van der Waals surface area (Å²) in [5, 5.41) is 24.1. The Labute approximate surface area is 193 Å². The highest BCUT2D eigenvalue weighted by Gasteiger charge is 2.38. The van der Waals surface area contributed by atoms with Crippen molar-refractivity contribution in [3.8, 4) is 34.7 Å². The van der Waals surface area contributed by atoms with Crippen LogP contribution in [0.15, 0.2) is 40.9 Å². The lowest BCUT2D eigenvalue weighted by molar-refractivity contribution is -0.192. The fraction of sp³-hybridized carbons (Fsp3) is 0.304. The third-order valence-corrected chi connectivity index (χ3v) is 4.76. The molecule has 0 fully saturated rings. The number of fused-ring (bicyclic) bond motifs is 1. The first-order valence-corrected chi connectivity index (χ1v) is 10.3. The number of hydrogen-bond donors (Lipinski definition) is 2. The van der Waals surface area contributed by atoms with E-state index in [1.165, 1.54) is 11.1 Å². The highest BCUT2D eigenvalue weighted by Crippen LogP contribution is 2.30. The average molecular weight is 474 g/mol. The molecule has 1 aromatic heterocycles. The first kappa shape index (κ1) is 24.7. The van der Waals surface area contributed by atoms with E-state index in [4.69, 9.17) is 19.2 Å². The van der Waals surface area contributed by atoms with Gasteiger partial charge in [-0.1, -0.05) is 23.4 Å². The maximum absolute atomic E-state index is 10.6. The minimum atomic E-state index is -5.08. The van der Waals surface area contributed by atoms with Gasteiger partial charge in [0.15, 0.2) is 0 Å². The Morgan fingerprint density at radius 3 is 2.68 bits per heavy atom. The third-order valence-electron chi connectivity index (χ3n) is 4.76. The minimum absolute atomic E-state index is 0.00305. The van der Waals surface area contributed by atoms with E-state index >= 15 is 0 Å². The molecule has 11 heteroatoms. The van der Waals surface area contributed by atoms with E-state index in [2.05, 4.69) is 27.6 Å². The van der Waals surface area contributed by atoms with E-state index < -0.39 is 12.1 Å². The van der Waals surface area contributed by atoms with Crippen LogP contribution in [0.5, 0.6) is 5.75 Å². The van der Waals surface area contributed by atoms with Gasteiger partial charge in [0.25, 0.3) is 5.89 Å². The van der Waals surface area contributed by atoms with Crippen molar-refractivity contribution in [1.82, 2.24) is 15.5 Å². The van der Waals surface area contributed by atoms with Crippen LogP contribution in [0.3, 0.4) is 0 Å². The number of nitriles is 1. The molecule has 0 saturated carbocycles. The summed E-state index contributed by atoms with van der Waals surface area (Å²) in [6, 6.07) is 13.7. The molecular formula is C23H21F3N4O4. The van der Waals surface area contributed by atoms with Gasteiger partial charge in [0.05, 0.1) is 11.7 Å². The molecule has 0 saturated heterocycles. The molecule has 4 rings (SSSR count). The van der Waals surface area contributed by atoms with Crippen LogP contribution in [-0.2, 0) is 17.8 Å². The number of aromatic nitrogens is 2. The number of halogens is 3. The van der Waals surface area contributed by atoms with Gasteiger partial charge in [-0.05, 0) is 56.1 Å². The Bertz CT molecular complexity index is 1220. The molecule has 2 N–H and O–H groups in total. The van der Waals surface area contributed by atoms with E-state index in [-0.39, 0.29) is 6.10 Å². The molecule has 0 spiro atoms. The van der Waals surface area contributed by atoms with Crippen LogP contribution in [0.25, 0.3) is 22.8 Å². The van der Waals surface area contributed by atoms with Crippen molar-refractivity contribution in [2.24, 2.45) is 0 Å². The highest BCUT2D eigenvalue weighted by molar-refractivity contribution is 5.73. The molecule has 0 atom stereocenters. The van der Waals surface area contributed by atoms with Crippen LogP contribution >= 0.6 is 0 Å². The largest absolute Gasteiger partial charge is 0.490 e. The lowest BCUT2D eigenvalue weighted by Gasteiger charge is -2.18. The maximum Gasteiger partial charge on any atom is 0.490 e. The zero-order chi connectivity index (χ0) is 24.9. The average Bonchev–Trinajstić information content (AvgIpc) is 3.28. The normalized spacial score (nSPS) is 12.9. The van der Waals surface area contributed by atoms with Crippen LogP contribution in [-0.4, -0.2) is 40.0 Å². The zero-order valence-corrected chi connectivity index (χ0v) is 18.3. The van der Waals surface area contributed by atoms with Crippen molar-refractivity contribution in [3.05, 3.63) is 53.1 Å². The predicted molar refractivity (Wildman–Crippen MR) is 115 cm³/mol. The number of carbonyl (C=O) groups is 1. The number of carboxylic acid groups (broad SMARTS) is 1. The molecule has 0 radical (unpaired) electrons. The smallest absolute Gasteiger partial charge is 0.490 e. The van der Waals surface area contributed by atoms with Crippen molar-refractivity contribution in [3.63, 3.8) is 0 Å². The Morgan fingerprint density at radius 1 is 1.29 bits per heavy atom. The molecule has 3 aromatic rings. The summed E-state index contributed by atoms with van der Waals surface area (Å²) in [5.41, 5.74) is 4.69. The monoisotopic (exact) mass is 474 g/mol. The molecular weight excluding hydrogens is 453 g/mol. The number of ether oxygens (including phenoxy) is 1. The molecule has 0 aliphatic carbocycles. The Hall–Kier alpha value is -3.91. The summed E-state index contributed by atoms with van der Waals surface area (Å²) in [4.78, 5) is 13.5.